The van der Waals surface area contributed by atoms with Crippen LogP contribution in [0.3, 0.4) is 0 Å². The number of fused-ring (bicyclic) bond motifs is 1. The molecule has 0 bridgehead atoms. The summed E-state index contributed by atoms with van der Waals surface area (Å²) in [5.41, 5.74) is 2.82. The van der Waals surface area contributed by atoms with Crippen LogP contribution in [0.25, 0.3) is 11.1 Å². The summed E-state index contributed by atoms with van der Waals surface area (Å²) in [7, 11) is 1.52. The van der Waals surface area contributed by atoms with E-state index < -0.39 is 4.92 Å². The number of nitrogens with zero attached hydrogens (tertiary/aromatic N) is 2. The van der Waals surface area contributed by atoms with Crippen LogP contribution in [0.15, 0.2) is 46.0 Å². The van der Waals surface area contributed by atoms with E-state index >= 15 is 0 Å². The zero-order valence-electron chi connectivity index (χ0n) is 13.1. The molecule has 3 rings (SSSR count). The monoisotopic (exact) mass is 345 g/mol. The molecule has 0 spiro atoms. The van der Waals surface area contributed by atoms with Crippen LogP contribution < -0.4 is 10.1 Å². The minimum atomic E-state index is -0.424. The van der Waals surface area contributed by atoms with Crippen molar-refractivity contribution in [3.63, 3.8) is 0 Å². The lowest BCUT2D eigenvalue weighted by Gasteiger charge is -2.09. The average Bonchev–Trinajstić information content (AvgIpc) is 3.01. The second kappa shape index (κ2) is 6.79. The SMILES string of the molecule is COc1ccc([N+](=O)[O-])c(NCc2ccc3nc(SC)oc3c2)c1. The first kappa shape index (κ1) is 16.1. The van der Waals surface area contributed by atoms with Crippen LogP contribution in [0.5, 0.6) is 5.75 Å². The summed E-state index contributed by atoms with van der Waals surface area (Å²) in [4.78, 5) is 15.0. The van der Waals surface area contributed by atoms with E-state index in [-0.39, 0.29) is 5.69 Å². The second-order valence-corrected chi connectivity index (χ2v) is 5.74. The largest absolute Gasteiger partial charge is 0.497 e. The van der Waals surface area contributed by atoms with Crippen molar-refractivity contribution in [2.24, 2.45) is 0 Å². The smallest absolute Gasteiger partial charge is 0.292 e. The summed E-state index contributed by atoms with van der Waals surface area (Å²) in [5.74, 6) is 0.554. The Bertz CT molecular complexity index is 894. The average molecular weight is 345 g/mol. The van der Waals surface area contributed by atoms with Gasteiger partial charge in [-0.05, 0) is 30.0 Å². The number of nitrogens with one attached hydrogen (secondary N) is 1. The number of benzene rings is 2. The second-order valence-electron chi connectivity index (χ2n) is 4.98. The maximum Gasteiger partial charge on any atom is 0.292 e. The maximum absolute atomic E-state index is 11.1. The van der Waals surface area contributed by atoms with Crippen LogP contribution in [0.2, 0.25) is 0 Å². The number of hydrogen-bond acceptors (Lipinski definition) is 7. The van der Waals surface area contributed by atoms with Crippen LogP contribution in [0.4, 0.5) is 11.4 Å². The Balaban J connectivity index is 1.83. The highest BCUT2D eigenvalue weighted by Gasteiger charge is 2.14. The molecule has 0 atom stereocenters. The molecule has 24 heavy (non-hydrogen) atoms. The first-order valence-corrected chi connectivity index (χ1v) is 8.33. The van der Waals surface area contributed by atoms with Crippen molar-refractivity contribution in [3.8, 4) is 5.75 Å². The fourth-order valence-electron chi connectivity index (χ4n) is 2.29. The first-order chi connectivity index (χ1) is 11.6. The van der Waals surface area contributed by atoms with Crippen molar-refractivity contribution in [3.05, 3.63) is 52.1 Å². The van der Waals surface area contributed by atoms with E-state index in [0.717, 1.165) is 11.1 Å². The van der Waals surface area contributed by atoms with Crippen molar-refractivity contribution in [2.45, 2.75) is 11.8 Å². The van der Waals surface area contributed by atoms with Gasteiger partial charge >= 0.3 is 0 Å². The number of ether oxygens (including phenoxy) is 1. The maximum atomic E-state index is 11.1. The van der Waals surface area contributed by atoms with Gasteiger partial charge in [0.05, 0.1) is 12.0 Å². The molecule has 1 aromatic heterocycles. The molecule has 0 fully saturated rings. The summed E-state index contributed by atoms with van der Waals surface area (Å²) < 4.78 is 10.7. The third-order valence-corrected chi connectivity index (χ3v) is 4.02. The van der Waals surface area contributed by atoms with Crippen LogP contribution in [0, 0.1) is 10.1 Å². The Hall–Kier alpha value is -2.74. The number of oxazole rings is 1. The highest BCUT2D eigenvalue weighted by molar-refractivity contribution is 7.98. The van der Waals surface area contributed by atoms with E-state index in [9.17, 15) is 10.1 Å². The summed E-state index contributed by atoms with van der Waals surface area (Å²) in [6, 6.07) is 10.3. The molecule has 0 aliphatic carbocycles. The number of rotatable bonds is 6. The lowest BCUT2D eigenvalue weighted by Crippen LogP contribution is -2.03. The zero-order valence-corrected chi connectivity index (χ0v) is 13.9. The van der Waals surface area contributed by atoms with E-state index in [4.69, 9.17) is 9.15 Å². The van der Waals surface area contributed by atoms with Crippen LogP contribution in [0.1, 0.15) is 5.56 Å². The minimum Gasteiger partial charge on any atom is -0.497 e. The van der Waals surface area contributed by atoms with Crippen molar-refractivity contribution in [2.75, 3.05) is 18.7 Å². The Labute approximate surface area is 142 Å². The van der Waals surface area contributed by atoms with Crippen LogP contribution >= 0.6 is 11.8 Å². The van der Waals surface area contributed by atoms with Gasteiger partial charge in [-0.25, -0.2) is 4.98 Å². The summed E-state index contributed by atoms with van der Waals surface area (Å²) in [5, 5.41) is 14.8. The Morgan fingerprint density at radius 1 is 1.33 bits per heavy atom. The van der Waals surface area contributed by atoms with Crippen LogP contribution in [-0.4, -0.2) is 23.3 Å². The Morgan fingerprint density at radius 3 is 2.88 bits per heavy atom. The molecule has 2 aromatic carbocycles. The fraction of sp³-hybridized carbons (Fsp3) is 0.188. The van der Waals surface area contributed by atoms with Crippen molar-refractivity contribution in [1.82, 2.24) is 4.98 Å². The first-order valence-electron chi connectivity index (χ1n) is 7.10. The van der Waals surface area contributed by atoms with Crippen LogP contribution in [-0.2, 0) is 6.54 Å². The normalized spacial score (nSPS) is 10.8. The Morgan fingerprint density at radius 2 is 2.17 bits per heavy atom. The molecule has 8 heteroatoms. The molecular weight excluding hydrogens is 330 g/mol. The molecule has 0 unspecified atom stereocenters. The number of methoxy groups -OCH3 is 1. The molecule has 0 radical (unpaired) electrons. The lowest BCUT2D eigenvalue weighted by molar-refractivity contribution is -0.384. The third kappa shape index (κ3) is 3.28. The number of thioether (sulfide) groups is 1. The fourth-order valence-corrected chi connectivity index (χ4v) is 2.65. The van der Waals surface area contributed by atoms with Crippen molar-refractivity contribution >= 4 is 34.2 Å². The van der Waals surface area contributed by atoms with Gasteiger partial charge < -0.3 is 14.5 Å². The summed E-state index contributed by atoms with van der Waals surface area (Å²) >= 11 is 1.44. The van der Waals surface area contributed by atoms with Crippen molar-refractivity contribution in [1.29, 1.82) is 0 Å². The summed E-state index contributed by atoms with van der Waals surface area (Å²) in [6.45, 7) is 0.416. The van der Waals surface area contributed by atoms with Gasteiger partial charge in [-0.3, -0.25) is 10.1 Å². The minimum absolute atomic E-state index is 0.00112. The van der Waals surface area contributed by atoms with Crippen molar-refractivity contribution < 1.29 is 14.1 Å². The van der Waals surface area contributed by atoms with Gasteiger partial charge in [0.25, 0.3) is 10.9 Å². The summed E-state index contributed by atoms with van der Waals surface area (Å²) in [6.07, 6.45) is 1.90. The molecule has 1 heterocycles. The molecule has 124 valence electrons. The highest BCUT2D eigenvalue weighted by Crippen LogP contribution is 2.29. The van der Waals surface area contributed by atoms with Gasteiger partial charge in [-0.2, -0.15) is 0 Å². The predicted octanol–water partition coefficient (Wildman–Crippen LogP) is 4.08. The molecule has 3 aromatic rings. The van der Waals surface area contributed by atoms with E-state index in [1.807, 2.05) is 24.5 Å². The zero-order chi connectivity index (χ0) is 17.1. The highest BCUT2D eigenvalue weighted by atomic mass is 32.2. The molecule has 1 N–H and O–H groups in total. The Kier molecular flexibility index (Phi) is 4.57. The van der Waals surface area contributed by atoms with Gasteiger partial charge in [0, 0.05) is 18.7 Å². The molecule has 7 nitrogen and oxygen atoms in total. The van der Waals surface area contributed by atoms with Gasteiger partial charge in [-0.1, -0.05) is 17.8 Å². The molecule has 0 saturated heterocycles. The van der Waals surface area contributed by atoms with Gasteiger partial charge in [0.15, 0.2) is 5.58 Å². The molecule has 0 saturated carbocycles. The standard InChI is InChI=1S/C16H15N3O4S/c1-22-11-4-6-14(19(20)21)13(8-11)17-9-10-3-5-12-15(7-10)23-16(18-12)24-2/h3-8,17H,9H2,1-2H3. The van der Waals surface area contributed by atoms with Gasteiger partial charge in [-0.15, -0.1) is 0 Å². The van der Waals surface area contributed by atoms with E-state index in [1.165, 1.54) is 24.9 Å². The quantitative estimate of drug-likeness (QED) is 0.409. The third-order valence-electron chi connectivity index (χ3n) is 3.49. The topological polar surface area (TPSA) is 90.4 Å². The number of hydrogen-bond donors (Lipinski definition) is 1. The van der Waals surface area contributed by atoms with E-state index in [2.05, 4.69) is 10.3 Å². The number of anilines is 1. The van der Waals surface area contributed by atoms with E-state index in [0.29, 0.717) is 28.8 Å². The van der Waals surface area contributed by atoms with Gasteiger partial charge in [0.2, 0.25) is 0 Å². The molecular formula is C16H15N3O4S. The lowest BCUT2D eigenvalue weighted by atomic mass is 10.2. The molecule has 0 amide bonds. The number of aromatic nitrogens is 1. The predicted molar refractivity (Wildman–Crippen MR) is 92.8 cm³/mol. The number of nitro benzene ring substituents is 1. The molecule has 0 aliphatic rings. The van der Waals surface area contributed by atoms with E-state index in [1.54, 1.807) is 12.1 Å². The number of nitro groups is 1. The van der Waals surface area contributed by atoms with Gasteiger partial charge in [0.1, 0.15) is 17.0 Å². The molecule has 0 aliphatic heterocycles.